The number of aromatic hydroxyl groups is 1. The maximum absolute atomic E-state index is 14.3. The minimum atomic E-state index is -1.71. The Labute approximate surface area is 510 Å². The third-order valence-electron chi connectivity index (χ3n) is 15.2. The van der Waals surface area contributed by atoms with Gasteiger partial charge in [0, 0.05) is 82.2 Å². The first-order valence-corrected chi connectivity index (χ1v) is 29.3. The Morgan fingerprint density at radius 3 is 1.97 bits per heavy atom. The molecule has 4 aromatic rings. The molecule has 1 aromatic heterocycles. The lowest BCUT2D eigenvalue weighted by atomic mass is 9.90. The van der Waals surface area contributed by atoms with Gasteiger partial charge in [-0.25, -0.2) is 4.79 Å². The third kappa shape index (κ3) is 21.7. The van der Waals surface area contributed by atoms with Crippen LogP contribution in [0.4, 0.5) is 4.79 Å². The second kappa shape index (κ2) is 33.8. The number of rotatable bonds is 34. The number of phenolic OH excluding ortho intramolecular Hbond substituents is 1. The Morgan fingerprint density at radius 2 is 1.33 bits per heavy atom. The van der Waals surface area contributed by atoms with E-state index in [4.69, 9.17) is 11.5 Å². The number of H-pyrrole nitrogens is 1. The average Bonchev–Trinajstić information content (AvgIpc) is 2.76. The van der Waals surface area contributed by atoms with Gasteiger partial charge in [-0.05, 0) is 80.3 Å². The number of para-hydroxylation sites is 1. The van der Waals surface area contributed by atoms with Gasteiger partial charge in [0.05, 0.1) is 55.3 Å². The molecule has 2 heterocycles. The van der Waals surface area contributed by atoms with Gasteiger partial charge in [0.15, 0.2) is 29.1 Å². The number of carbonyl (C=O) groups is 11. The van der Waals surface area contributed by atoms with Crippen LogP contribution in [0.5, 0.6) is 5.75 Å². The molecule has 1 aliphatic rings. The number of amides is 8. The summed E-state index contributed by atoms with van der Waals surface area (Å²) in [6.45, 7) is 6.71. The zero-order valence-electron chi connectivity index (χ0n) is 50.5. The van der Waals surface area contributed by atoms with Crippen LogP contribution < -0.4 is 48.7 Å². The van der Waals surface area contributed by atoms with Crippen molar-refractivity contribution < 1.29 is 68.1 Å². The van der Waals surface area contributed by atoms with E-state index in [0.717, 1.165) is 21.4 Å². The fraction of sp³-hybridized carbons (Fsp3) is 0.484. The monoisotopic (exact) mass is 1220 g/mol. The molecule has 10 atom stereocenters. The van der Waals surface area contributed by atoms with Crippen molar-refractivity contribution in [2.24, 2.45) is 34.2 Å². The van der Waals surface area contributed by atoms with Gasteiger partial charge in [-0.1, -0.05) is 74.5 Å². The van der Waals surface area contributed by atoms with Crippen molar-refractivity contribution >= 4 is 81.5 Å². The Balaban J connectivity index is 1.28. The summed E-state index contributed by atoms with van der Waals surface area (Å²) < 4.78 is 0. The summed E-state index contributed by atoms with van der Waals surface area (Å²) in [5.74, 6) is -9.92. The topological polar surface area (TPSA) is 416 Å². The number of Topliss-reactive ketones (excluding diaryl/α,β-unsaturated/α-hetero) is 4. The Morgan fingerprint density at radius 1 is 0.693 bits per heavy atom. The number of hydrogen-bond acceptors (Lipinski definition) is 15. The van der Waals surface area contributed by atoms with E-state index < -0.39 is 139 Å². The first kappa shape index (κ1) is 69.7. The lowest BCUT2D eigenvalue weighted by molar-refractivity contribution is -0.142. The second-order valence-corrected chi connectivity index (χ2v) is 22.8. The number of urea groups is 1. The van der Waals surface area contributed by atoms with Gasteiger partial charge in [0.2, 0.25) is 35.4 Å². The van der Waals surface area contributed by atoms with E-state index in [1.807, 2.05) is 38.1 Å². The fourth-order valence-corrected chi connectivity index (χ4v) is 10.5. The van der Waals surface area contributed by atoms with Gasteiger partial charge in [-0.3, -0.25) is 52.9 Å². The molecular formula is C62H84N12O14. The minimum Gasteiger partial charge on any atom is -0.508 e. The number of nitrogens with two attached hydrogens (primary N) is 2. The van der Waals surface area contributed by atoms with Crippen LogP contribution in [-0.4, -0.2) is 171 Å². The Bertz CT molecular complexity index is 3130. The number of nitrogens with zero attached hydrogens (tertiary/aromatic N) is 2. The van der Waals surface area contributed by atoms with E-state index in [9.17, 15) is 68.1 Å². The molecule has 0 bridgehead atoms. The first-order chi connectivity index (χ1) is 41.7. The van der Waals surface area contributed by atoms with Crippen LogP contribution in [0.2, 0.25) is 0 Å². The van der Waals surface area contributed by atoms with Crippen LogP contribution in [0.1, 0.15) is 96.3 Å². The number of nitrogens with one attached hydrogen (secondary N) is 8. The number of aliphatic hydroxyl groups is 2. The third-order valence-corrected chi connectivity index (χ3v) is 15.2. The van der Waals surface area contributed by atoms with Crippen molar-refractivity contribution in [1.82, 2.24) is 47.1 Å². The largest absolute Gasteiger partial charge is 0.508 e. The van der Waals surface area contributed by atoms with Gasteiger partial charge in [-0.2, -0.15) is 0 Å². The average molecular weight is 1220 g/mol. The van der Waals surface area contributed by atoms with Gasteiger partial charge >= 0.3 is 6.03 Å². The number of hydrogen-bond donors (Lipinski definition) is 13. The molecule has 476 valence electrons. The lowest BCUT2D eigenvalue weighted by Crippen LogP contribution is -2.56. The van der Waals surface area contributed by atoms with Crippen molar-refractivity contribution in [3.05, 3.63) is 102 Å². The van der Waals surface area contributed by atoms with E-state index in [1.54, 1.807) is 36.5 Å². The number of benzene rings is 3. The van der Waals surface area contributed by atoms with Crippen LogP contribution in [0, 0.1) is 17.8 Å². The molecular weight excluding hydrogens is 1140 g/mol. The number of likely N-dealkylation sites (tertiary alicyclic amines) is 1. The smallest absolute Gasteiger partial charge is 0.315 e. The van der Waals surface area contributed by atoms with Crippen molar-refractivity contribution in [3.8, 4) is 5.75 Å². The second-order valence-electron chi connectivity index (χ2n) is 22.8. The summed E-state index contributed by atoms with van der Waals surface area (Å²) in [7, 11) is 1.51. The first-order valence-electron chi connectivity index (χ1n) is 29.3. The highest BCUT2D eigenvalue weighted by atomic mass is 16.3. The molecule has 1 aliphatic heterocycles. The summed E-state index contributed by atoms with van der Waals surface area (Å²) >= 11 is 0. The van der Waals surface area contributed by atoms with E-state index in [-0.39, 0.29) is 74.9 Å². The molecule has 26 heteroatoms. The van der Waals surface area contributed by atoms with Crippen molar-refractivity contribution in [1.29, 1.82) is 0 Å². The zero-order valence-corrected chi connectivity index (χ0v) is 50.5. The van der Waals surface area contributed by atoms with Gasteiger partial charge < -0.3 is 73.9 Å². The van der Waals surface area contributed by atoms with Crippen LogP contribution in [0.15, 0.2) is 90.1 Å². The van der Waals surface area contributed by atoms with Crippen molar-refractivity contribution in [2.45, 2.75) is 147 Å². The van der Waals surface area contributed by atoms with Gasteiger partial charge in [-0.15, -0.1) is 0 Å². The minimum absolute atomic E-state index is 0.0380. The van der Waals surface area contributed by atoms with Gasteiger partial charge in [0.1, 0.15) is 17.8 Å². The highest BCUT2D eigenvalue weighted by Crippen LogP contribution is 2.24. The normalized spacial score (nSPS) is 16.8. The summed E-state index contributed by atoms with van der Waals surface area (Å²) in [4.78, 5) is 158. The Kier molecular flexibility index (Phi) is 26.7. The standard InChI is InChI=1S/C62H84N12O14/c1-34(2)23-48(53(80)27-40(15-12-22-66-61(64)65-6)57(84)70-47(36(4)76)26-41-31-67-46-17-11-10-16-44(41)46)73-62(88)68-32-55(82)49(24-38-13-8-7-9-14-38)71-58(85)45(35(3)75)29-54(81)50(30-56(63)83)72-59(86)52-28-43(79)33-74(52)60(87)51(69-37(5)77)25-39-18-20-42(78)21-19-39/h7-11,13-14,16-21,31,34-35,40,43,45,47-52,67,75,78-79H,12,15,22-30,32-33H2,1-6H3,(H2,63,83)(H,69,77)(H,70,84)(H,71,85)(H,72,86)(H3,64,65,66)(H2,68,73,88)/t35-,40-,43-,45+,47+,48+,49+,50+,51-,52+/m1/s1. The number of aliphatic imine (C=N–C) groups is 1. The number of aromatic nitrogens is 1. The highest BCUT2D eigenvalue weighted by molar-refractivity contribution is 6.00. The molecule has 8 amide bonds. The van der Waals surface area contributed by atoms with E-state index >= 15 is 0 Å². The number of ketones is 4. The molecule has 88 heavy (non-hydrogen) atoms. The maximum atomic E-state index is 14.3. The number of carbonyl (C=O) groups excluding carboxylic acids is 11. The summed E-state index contributed by atoms with van der Waals surface area (Å²) in [5.41, 5.74) is 14.1. The van der Waals surface area contributed by atoms with Crippen molar-refractivity contribution in [2.75, 3.05) is 26.7 Å². The van der Waals surface area contributed by atoms with E-state index in [0.29, 0.717) is 24.1 Å². The number of guanidine groups is 1. The van der Waals surface area contributed by atoms with Crippen LogP contribution in [0.3, 0.4) is 0 Å². The maximum Gasteiger partial charge on any atom is 0.315 e. The quantitative estimate of drug-likeness (QED) is 0.0171. The van der Waals surface area contributed by atoms with Gasteiger partial charge in [0.25, 0.3) is 0 Å². The van der Waals surface area contributed by atoms with Crippen LogP contribution >= 0.6 is 0 Å². The van der Waals surface area contributed by atoms with Crippen LogP contribution in [-0.2, 0) is 67.2 Å². The number of phenols is 1. The predicted molar refractivity (Wildman–Crippen MR) is 325 cm³/mol. The molecule has 0 aliphatic carbocycles. The number of primary amides is 1. The van der Waals surface area contributed by atoms with Crippen LogP contribution in [0.25, 0.3) is 10.9 Å². The zero-order chi connectivity index (χ0) is 64.8. The predicted octanol–water partition coefficient (Wildman–Crippen LogP) is 0.416. The molecule has 0 radical (unpaired) electrons. The molecule has 5 rings (SSSR count). The summed E-state index contributed by atoms with van der Waals surface area (Å²) in [6, 6.07) is 13.1. The number of aliphatic hydroxyl groups excluding tert-OH is 2. The number of β-amino-alcohol motifs (C(OH)–C–C–N with tert-alkyl or cyclic N) is 1. The number of aromatic amines is 1. The SMILES string of the molecule is CN=C(N)NCCC[C@H](CC(=O)[C@H](CC(C)C)NC(=O)NCC(=O)[C@H](Cc1ccccc1)NC(=O)[C@@H](CC(=O)[C@H](CC(N)=O)NC(=O)[C@@H]1C[C@@H](O)CN1C(=O)[C@@H](Cc1ccc(O)cc1)NC(C)=O)[C@@H](C)O)C(=O)N[C@@H](Cc1c[nH]c2ccccc12)C(C)=O. The molecule has 3 aromatic carbocycles. The molecule has 0 saturated carbocycles. The molecule has 0 spiro atoms. The summed E-state index contributed by atoms with van der Waals surface area (Å²) in [6.07, 6.45) is -2.55. The van der Waals surface area contributed by atoms with Crippen molar-refractivity contribution in [3.63, 3.8) is 0 Å². The molecule has 15 N–H and O–H groups in total. The highest BCUT2D eigenvalue weighted by Gasteiger charge is 2.43. The summed E-state index contributed by atoms with van der Waals surface area (Å²) in [5, 5.41) is 50.8. The molecule has 26 nitrogen and oxygen atoms in total. The Hall–Kier alpha value is -9.04. The van der Waals surface area contributed by atoms with E-state index in [1.165, 1.54) is 52.1 Å². The molecule has 0 unspecified atom stereocenters. The fourth-order valence-electron chi connectivity index (χ4n) is 10.5. The van der Waals surface area contributed by atoms with E-state index in [2.05, 4.69) is 47.2 Å². The molecule has 1 fully saturated rings. The number of fused-ring (bicyclic) bond motifs is 1. The molecule has 1 saturated heterocycles. The lowest BCUT2D eigenvalue weighted by Gasteiger charge is -2.30.